The van der Waals surface area contributed by atoms with Crippen molar-refractivity contribution in [3.63, 3.8) is 0 Å². The molecule has 0 aliphatic heterocycles. The van der Waals surface area contributed by atoms with Crippen molar-refractivity contribution in [1.82, 2.24) is 9.97 Å². The first-order valence-electron chi connectivity index (χ1n) is 5.47. The molecule has 1 N–H and O–H groups in total. The lowest BCUT2D eigenvalue weighted by Crippen LogP contribution is -2.24. The molecule has 0 aliphatic rings. The van der Waals surface area contributed by atoms with Crippen molar-refractivity contribution in [2.45, 2.75) is 20.1 Å². The first kappa shape index (κ1) is 13.7. The number of aromatic nitrogens is 2. The molecule has 1 aromatic rings. The second kappa shape index (κ2) is 7.03. The number of ether oxygens (including phenoxy) is 3. The molecule has 0 aliphatic carbocycles. The normalized spacial score (nSPS) is 10.6. The lowest BCUT2D eigenvalue weighted by molar-refractivity contribution is -0.0914. The van der Waals surface area contributed by atoms with Crippen LogP contribution in [0.4, 0.5) is 5.95 Å². The van der Waals surface area contributed by atoms with Crippen molar-refractivity contribution in [3.8, 4) is 5.88 Å². The van der Waals surface area contributed by atoms with Crippen LogP contribution in [-0.2, 0) is 9.47 Å². The number of rotatable bonds is 7. The minimum absolute atomic E-state index is 0.324. The smallest absolute Gasteiger partial charge is 0.226 e. The fourth-order valence-electron chi connectivity index (χ4n) is 1.28. The van der Waals surface area contributed by atoms with Gasteiger partial charge in [0.15, 0.2) is 6.29 Å². The summed E-state index contributed by atoms with van der Waals surface area (Å²) >= 11 is 0. The van der Waals surface area contributed by atoms with E-state index in [1.54, 1.807) is 20.3 Å². The number of hydrogen-bond acceptors (Lipinski definition) is 6. The number of nitrogens with zero attached hydrogens (tertiary/aromatic N) is 2. The Labute approximate surface area is 101 Å². The lowest BCUT2D eigenvalue weighted by atomic mass is 10.4. The number of nitrogens with one attached hydrogen (secondary N) is 1. The Balaban J connectivity index is 2.63. The summed E-state index contributed by atoms with van der Waals surface area (Å²) in [5.74, 6) is 1.07. The fraction of sp³-hybridized carbons (Fsp3) is 0.636. The van der Waals surface area contributed by atoms with Crippen molar-refractivity contribution in [1.29, 1.82) is 0 Å². The van der Waals surface area contributed by atoms with Gasteiger partial charge in [0, 0.05) is 26.0 Å². The first-order valence-corrected chi connectivity index (χ1v) is 5.47. The molecule has 0 atom stereocenters. The summed E-state index contributed by atoms with van der Waals surface area (Å²) in [7, 11) is 3.16. The summed E-state index contributed by atoms with van der Waals surface area (Å²) in [5.41, 5.74) is 0.845. The van der Waals surface area contributed by atoms with Crippen LogP contribution in [0, 0.1) is 6.92 Å². The van der Waals surface area contributed by atoms with E-state index >= 15 is 0 Å². The molecule has 17 heavy (non-hydrogen) atoms. The van der Waals surface area contributed by atoms with E-state index in [0.717, 1.165) is 5.69 Å². The molecule has 6 heteroatoms. The van der Waals surface area contributed by atoms with E-state index in [1.807, 2.05) is 13.8 Å². The van der Waals surface area contributed by atoms with E-state index in [9.17, 15) is 0 Å². The van der Waals surface area contributed by atoms with Crippen LogP contribution >= 0.6 is 0 Å². The van der Waals surface area contributed by atoms with Crippen LogP contribution in [0.5, 0.6) is 5.88 Å². The van der Waals surface area contributed by atoms with Crippen LogP contribution in [0.15, 0.2) is 6.07 Å². The van der Waals surface area contributed by atoms with Gasteiger partial charge in [-0.2, -0.15) is 4.98 Å². The summed E-state index contributed by atoms with van der Waals surface area (Å²) < 4.78 is 15.4. The van der Waals surface area contributed by atoms with Crippen molar-refractivity contribution in [3.05, 3.63) is 11.8 Å². The molecular weight excluding hydrogens is 222 g/mol. The number of anilines is 1. The summed E-state index contributed by atoms with van der Waals surface area (Å²) in [4.78, 5) is 8.45. The molecule has 1 heterocycles. The van der Waals surface area contributed by atoms with Gasteiger partial charge >= 0.3 is 0 Å². The van der Waals surface area contributed by atoms with Gasteiger partial charge in [0.1, 0.15) is 0 Å². The maximum Gasteiger partial charge on any atom is 0.226 e. The zero-order valence-corrected chi connectivity index (χ0v) is 10.7. The van der Waals surface area contributed by atoms with Crippen LogP contribution in [0.1, 0.15) is 12.6 Å². The van der Waals surface area contributed by atoms with E-state index in [-0.39, 0.29) is 6.29 Å². The largest absolute Gasteiger partial charge is 0.478 e. The maximum absolute atomic E-state index is 5.33. The minimum atomic E-state index is -0.324. The van der Waals surface area contributed by atoms with Crippen LogP contribution in [0.3, 0.4) is 0 Å². The van der Waals surface area contributed by atoms with Gasteiger partial charge in [-0.1, -0.05) is 0 Å². The molecule has 1 aromatic heterocycles. The second-order valence-corrected chi connectivity index (χ2v) is 3.39. The van der Waals surface area contributed by atoms with Gasteiger partial charge in [-0.15, -0.1) is 0 Å². The first-order chi connectivity index (χ1) is 8.19. The predicted octanol–water partition coefficient (Wildman–Crippen LogP) is 1.21. The fourth-order valence-corrected chi connectivity index (χ4v) is 1.28. The summed E-state index contributed by atoms with van der Waals surface area (Å²) in [6.45, 7) is 4.85. The van der Waals surface area contributed by atoms with Crippen LogP contribution in [0.25, 0.3) is 0 Å². The van der Waals surface area contributed by atoms with Gasteiger partial charge < -0.3 is 19.5 Å². The Kier molecular flexibility index (Phi) is 5.65. The van der Waals surface area contributed by atoms with Crippen LogP contribution in [-0.4, -0.2) is 43.6 Å². The zero-order chi connectivity index (χ0) is 12.7. The Hall–Kier alpha value is -1.40. The molecule has 6 nitrogen and oxygen atoms in total. The minimum Gasteiger partial charge on any atom is -0.478 e. The number of aryl methyl sites for hydroxylation is 1. The van der Waals surface area contributed by atoms with Gasteiger partial charge in [-0.05, 0) is 13.8 Å². The molecule has 0 bridgehead atoms. The molecule has 0 saturated carbocycles. The molecule has 0 saturated heterocycles. The van der Waals surface area contributed by atoms with E-state index < -0.39 is 0 Å². The van der Waals surface area contributed by atoms with Crippen molar-refractivity contribution >= 4 is 5.95 Å². The van der Waals surface area contributed by atoms with Gasteiger partial charge in [-0.25, -0.2) is 4.98 Å². The number of methoxy groups -OCH3 is 2. The monoisotopic (exact) mass is 241 g/mol. The van der Waals surface area contributed by atoms with E-state index in [0.29, 0.717) is 25.0 Å². The Morgan fingerprint density at radius 2 is 2.00 bits per heavy atom. The average molecular weight is 241 g/mol. The van der Waals surface area contributed by atoms with Gasteiger partial charge in [0.05, 0.1) is 13.2 Å². The standard InChI is InChI=1S/C11H19N3O3/c1-5-17-9-6-8(2)13-11(14-9)12-7-10(15-3)16-4/h6,10H,5,7H2,1-4H3,(H,12,13,14). The van der Waals surface area contributed by atoms with E-state index in [2.05, 4.69) is 15.3 Å². The Morgan fingerprint density at radius 1 is 1.29 bits per heavy atom. The molecule has 96 valence electrons. The highest BCUT2D eigenvalue weighted by Gasteiger charge is 2.07. The van der Waals surface area contributed by atoms with Gasteiger partial charge in [-0.3, -0.25) is 0 Å². The zero-order valence-electron chi connectivity index (χ0n) is 10.7. The maximum atomic E-state index is 5.33. The highest BCUT2D eigenvalue weighted by atomic mass is 16.7. The van der Waals surface area contributed by atoms with E-state index in [1.165, 1.54) is 0 Å². The summed E-state index contributed by atoms with van der Waals surface area (Å²) in [6, 6.07) is 1.79. The summed E-state index contributed by atoms with van der Waals surface area (Å²) in [6.07, 6.45) is -0.324. The topological polar surface area (TPSA) is 65.5 Å². The molecule has 0 radical (unpaired) electrons. The Bertz CT molecular complexity index is 343. The Morgan fingerprint density at radius 3 is 2.59 bits per heavy atom. The van der Waals surface area contributed by atoms with Gasteiger partial charge in [0.2, 0.25) is 11.8 Å². The molecule has 0 fully saturated rings. The lowest BCUT2D eigenvalue weighted by Gasteiger charge is -2.14. The molecular formula is C11H19N3O3. The quantitative estimate of drug-likeness (QED) is 0.724. The number of hydrogen-bond donors (Lipinski definition) is 1. The summed E-state index contributed by atoms with van der Waals surface area (Å²) in [5, 5.41) is 3.03. The molecule has 0 aromatic carbocycles. The highest BCUT2D eigenvalue weighted by Crippen LogP contribution is 2.11. The molecule has 0 spiro atoms. The van der Waals surface area contributed by atoms with Gasteiger partial charge in [0.25, 0.3) is 0 Å². The highest BCUT2D eigenvalue weighted by molar-refractivity contribution is 5.30. The van der Waals surface area contributed by atoms with Crippen molar-refractivity contribution in [2.75, 3.05) is 32.7 Å². The van der Waals surface area contributed by atoms with E-state index in [4.69, 9.17) is 14.2 Å². The predicted molar refractivity (Wildman–Crippen MR) is 64.2 cm³/mol. The van der Waals surface area contributed by atoms with Crippen LogP contribution in [0.2, 0.25) is 0 Å². The third-order valence-corrected chi connectivity index (χ3v) is 2.08. The molecule has 1 rings (SSSR count). The second-order valence-electron chi connectivity index (χ2n) is 3.39. The molecule has 0 amide bonds. The third kappa shape index (κ3) is 4.54. The average Bonchev–Trinajstić information content (AvgIpc) is 2.30. The van der Waals surface area contributed by atoms with Crippen molar-refractivity contribution in [2.24, 2.45) is 0 Å². The SMILES string of the molecule is CCOc1cc(C)nc(NCC(OC)OC)n1. The molecule has 0 unspecified atom stereocenters. The third-order valence-electron chi connectivity index (χ3n) is 2.08. The van der Waals surface area contributed by atoms with Crippen molar-refractivity contribution < 1.29 is 14.2 Å². The van der Waals surface area contributed by atoms with Crippen LogP contribution < -0.4 is 10.1 Å².